The highest BCUT2D eigenvalue weighted by molar-refractivity contribution is 5.78. The van der Waals surface area contributed by atoms with E-state index in [-0.39, 0.29) is 18.2 Å². The highest BCUT2D eigenvalue weighted by atomic mass is 16.4. The largest absolute Gasteiger partial charge is 0.550 e. The first kappa shape index (κ1) is 17.0. The Balaban J connectivity index is 2.42. The molecule has 0 aliphatic rings. The second kappa shape index (κ2) is 9.00. The number of amides is 1. The molecular formula is C16H23N2O3-. The first-order valence-corrected chi connectivity index (χ1v) is 7.35. The zero-order chi connectivity index (χ0) is 15.7. The number of benzene rings is 1. The molecule has 1 aromatic carbocycles. The molecule has 0 spiro atoms. The molecule has 5 heteroatoms. The highest BCUT2D eigenvalue weighted by Gasteiger charge is 2.20. The predicted molar refractivity (Wildman–Crippen MR) is 80.0 cm³/mol. The van der Waals surface area contributed by atoms with E-state index in [1.807, 2.05) is 37.3 Å². The number of carboxylic acids is 1. The van der Waals surface area contributed by atoms with Crippen molar-refractivity contribution >= 4 is 17.6 Å². The van der Waals surface area contributed by atoms with Crippen molar-refractivity contribution in [3.63, 3.8) is 0 Å². The number of rotatable bonds is 9. The van der Waals surface area contributed by atoms with E-state index in [1.165, 1.54) is 0 Å². The molecule has 1 aromatic rings. The zero-order valence-electron chi connectivity index (χ0n) is 12.6. The van der Waals surface area contributed by atoms with Gasteiger partial charge in [-0.3, -0.25) is 15.6 Å². The molecule has 0 heterocycles. The van der Waals surface area contributed by atoms with Crippen molar-refractivity contribution in [3.05, 3.63) is 30.3 Å². The highest BCUT2D eigenvalue weighted by Crippen LogP contribution is 2.21. The van der Waals surface area contributed by atoms with Crippen LogP contribution in [0.25, 0.3) is 0 Å². The van der Waals surface area contributed by atoms with Crippen molar-refractivity contribution in [2.75, 3.05) is 5.43 Å². The van der Waals surface area contributed by atoms with Gasteiger partial charge in [-0.1, -0.05) is 44.9 Å². The summed E-state index contributed by atoms with van der Waals surface area (Å²) >= 11 is 0. The number of para-hydroxylation sites is 1. The number of unbranched alkanes of at least 4 members (excludes halogenated alkanes) is 1. The second-order valence-corrected chi connectivity index (χ2v) is 5.29. The van der Waals surface area contributed by atoms with Gasteiger partial charge in [-0.15, -0.1) is 0 Å². The van der Waals surface area contributed by atoms with Crippen LogP contribution >= 0.6 is 0 Å². The normalized spacial score (nSPS) is 13.2. The first-order chi connectivity index (χ1) is 10.0. The Morgan fingerprint density at radius 1 is 1.24 bits per heavy atom. The number of anilines is 1. The molecule has 0 saturated carbocycles. The molecule has 0 aliphatic heterocycles. The van der Waals surface area contributed by atoms with Crippen LogP contribution in [0.15, 0.2) is 30.3 Å². The van der Waals surface area contributed by atoms with Gasteiger partial charge >= 0.3 is 0 Å². The minimum atomic E-state index is -1.07. The van der Waals surface area contributed by atoms with Gasteiger partial charge in [0, 0.05) is 18.3 Å². The molecule has 0 radical (unpaired) electrons. The smallest absolute Gasteiger partial charge is 0.238 e. The Hall–Kier alpha value is -2.04. The van der Waals surface area contributed by atoms with Crippen LogP contribution in [0.4, 0.5) is 5.69 Å². The first-order valence-electron chi connectivity index (χ1n) is 7.35. The quantitative estimate of drug-likeness (QED) is 0.679. The number of carboxylic acid groups (broad SMARTS) is 1. The minimum Gasteiger partial charge on any atom is -0.550 e. The molecule has 2 atom stereocenters. The summed E-state index contributed by atoms with van der Waals surface area (Å²) in [6.07, 6.45) is 2.46. The van der Waals surface area contributed by atoms with Crippen LogP contribution < -0.4 is 16.0 Å². The lowest BCUT2D eigenvalue weighted by molar-refractivity contribution is -0.313. The van der Waals surface area contributed by atoms with Crippen molar-refractivity contribution < 1.29 is 14.7 Å². The van der Waals surface area contributed by atoms with E-state index in [2.05, 4.69) is 10.9 Å². The Labute approximate surface area is 125 Å². The van der Waals surface area contributed by atoms with E-state index < -0.39 is 11.9 Å². The maximum Gasteiger partial charge on any atom is 0.238 e. The Kier molecular flexibility index (Phi) is 7.29. The van der Waals surface area contributed by atoms with Crippen molar-refractivity contribution in [1.82, 2.24) is 5.43 Å². The van der Waals surface area contributed by atoms with Crippen LogP contribution in [0.2, 0.25) is 0 Å². The third kappa shape index (κ3) is 6.29. The Morgan fingerprint density at radius 2 is 1.90 bits per heavy atom. The molecule has 0 unspecified atom stereocenters. The van der Waals surface area contributed by atoms with Gasteiger partial charge in [0.1, 0.15) is 0 Å². The fourth-order valence-corrected chi connectivity index (χ4v) is 2.21. The number of aliphatic carboxylic acids is 1. The van der Waals surface area contributed by atoms with Gasteiger partial charge in [-0.05, 0) is 24.5 Å². The maximum absolute atomic E-state index is 11.8. The Morgan fingerprint density at radius 3 is 2.48 bits per heavy atom. The van der Waals surface area contributed by atoms with E-state index in [0.29, 0.717) is 6.42 Å². The van der Waals surface area contributed by atoms with Crippen molar-refractivity contribution in [2.45, 2.75) is 39.5 Å². The summed E-state index contributed by atoms with van der Waals surface area (Å²) in [7, 11) is 0. The molecule has 1 rings (SSSR count). The third-order valence-electron chi connectivity index (χ3n) is 3.49. The van der Waals surface area contributed by atoms with Crippen LogP contribution in [0, 0.1) is 11.8 Å². The summed E-state index contributed by atoms with van der Waals surface area (Å²) in [5, 5.41) is 11.1. The molecule has 21 heavy (non-hydrogen) atoms. The number of hydrazine groups is 1. The molecule has 1 amide bonds. The van der Waals surface area contributed by atoms with Crippen molar-refractivity contribution in [1.29, 1.82) is 0 Å². The van der Waals surface area contributed by atoms with Crippen LogP contribution in [-0.2, 0) is 9.59 Å². The topological polar surface area (TPSA) is 81.3 Å². The molecule has 5 nitrogen and oxygen atoms in total. The number of carbonyl (C=O) groups is 2. The van der Waals surface area contributed by atoms with Crippen molar-refractivity contribution in [3.8, 4) is 0 Å². The lowest BCUT2D eigenvalue weighted by Gasteiger charge is -2.24. The third-order valence-corrected chi connectivity index (χ3v) is 3.49. The van der Waals surface area contributed by atoms with E-state index in [0.717, 1.165) is 18.5 Å². The van der Waals surface area contributed by atoms with Crippen LogP contribution in [0.1, 0.15) is 39.5 Å². The molecule has 116 valence electrons. The van der Waals surface area contributed by atoms with E-state index in [9.17, 15) is 14.7 Å². The molecule has 2 N–H and O–H groups in total. The van der Waals surface area contributed by atoms with Gasteiger partial charge in [-0.25, -0.2) is 0 Å². The number of nitrogens with one attached hydrogen (secondary N) is 2. The number of carbonyl (C=O) groups excluding carboxylic acids is 2. The average molecular weight is 291 g/mol. The zero-order valence-corrected chi connectivity index (χ0v) is 12.6. The van der Waals surface area contributed by atoms with Gasteiger partial charge in [0.15, 0.2) is 0 Å². The number of hydrogen-bond donors (Lipinski definition) is 2. The molecule has 0 aliphatic carbocycles. The van der Waals surface area contributed by atoms with Crippen LogP contribution in [-0.4, -0.2) is 11.9 Å². The summed E-state index contributed by atoms with van der Waals surface area (Å²) in [5.41, 5.74) is 6.15. The monoisotopic (exact) mass is 291 g/mol. The summed E-state index contributed by atoms with van der Waals surface area (Å²) < 4.78 is 0. The fourth-order valence-electron chi connectivity index (χ4n) is 2.21. The summed E-state index contributed by atoms with van der Waals surface area (Å²) in [4.78, 5) is 23.0. The predicted octanol–water partition coefficient (Wildman–Crippen LogP) is 1.71. The van der Waals surface area contributed by atoms with E-state index in [4.69, 9.17) is 0 Å². The molecule has 0 bridgehead atoms. The fraction of sp³-hybridized carbons (Fsp3) is 0.500. The van der Waals surface area contributed by atoms with Crippen molar-refractivity contribution in [2.24, 2.45) is 11.8 Å². The van der Waals surface area contributed by atoms with Gasteiger partial charge in [0.05, 0.1) is 5.69 Å². The SMILES string of the molecule is CCCC[C@H](C(=O)[O-])[C@@H](C)CC(=O)NNc1ccccc1. The number of hydrogen-bond acceptors (Lipinski definition) is 4. The minimum absolute atomic E-state index is 0.155. The van der Waals surface area contributed by atoms with E-state index in [1.54, 1.807) is 6.92 Å². The molecule has 0 aromatic heterocycles. The van der Waals surface area contributed by atoms with Crippen LogP contribution in [0.3, 0.4) is 0 Å². The summed E-state index contributed by atoms with van der Waals surface area (Å²) in [5.74, 6) is -2.12. The lowest BCUT2D eigenvalue weighted by Crippen LogP contribution is -2.38. The van der Waals surface area contributed by atoms with E-state index >= 15 is 0 Å². The maximum atomic E-state index is 11.8. The van der Waals surface area contributed by atoms with Gasteiger partial charge in [-0.2, -0.15) is 0 Å². The Bertz CT molecular complexity index is 448. The lowest BCUT2D eigenvalue weighted by atomic mass is 9.87. The summed E-state index contributed by atoms with van der Waals surface area (Å²) in [6.45, 7) is 3.78. The molecule has 0 fully saturated rings. The van der Waals surface area contributed by atoms with Crippen LogP contribution in [0.5, 0.6) is 0 Å². The average Bonchev–Trinajstić information content (AvgIpc) is 2.46. The summed E-state index contributed by atoms with van der Waals surface area (Å²) in [6, 6.07) is 9.25. The van der Waals surface area contributed by atoms with Gasteiger partial charge in [0.25, 0.3) is 0 Å². The van der Waals surface area contributed by atoms with Gasteiger partial charge < -0.3 is 9.90 Å². The second-order valence-electron chi connectivity index (χ2n) is 5.29. The molecule has 0 saturated heterocycles. The van der Waals surface area contributed by atoms with Gasteiger partial charge in [0.2, 0.25) is 5.91 Å². The standard InChI is InChI=1S/C16H24N2O3/c1-3-4-10-14(16(20)21)12(2)11-15(19)18-17-13-8-6-5-7-9-13/h5-9,12,14,17H,3-4,10-11H2,1-2H3,(H,18,19)(H,20,21)/p-1/t12-,14-/m0/s1. The molecular weight excluding hydrogens is 268 g/mol.